The molecule has 0 aliphatic rings. The smallest absolute Gasteiger partial charge is 0.348 e. The van der Waals surface area contributed by atoms with E-state index in [0.29, 0.717) is 10.4 Å². The molecule has 0 bridgehead atoms. The fraction of sp³-hybridized carbons (Fsp3) is 0.240. The summed E-state index contributed by atoms with van der Waals surface area (Å²) in [5, 5.41) is 2.49. The predicted octanol–water partition coefficient (Wildman–Crippen LogP) is 6.05. The summed E-state index contributed by atoms with van der Waals surface area (Å²) < 4.78 is 67.6. The normalized spacial score (nSPS) is 12.8. The first-order valence-corrected chi connectivity index (χ1v) is 12.4. The molecule has 1 N–H and O–H groups in total. The molecule has 35 heavy (non-hydrogen) atoms. The summed E-state index contributed by atoms with van der Waals surface area (Å²) in [6, 6.07) is 14.7. The fourth-order valence-electron chi connectivity index (χ4n) is 3.71. The Hall–Kier alpha value is -3.04. The molecule has 0 aliphatic heterocycles. The Morgan fingerprint density at radius 1 is 1.03 bits per heavy atom. The summed E-state index contributed by atoms with van der Waals surface area (Å²) in [5.74, 6) is -0.703. The second-order valence-electron chi connectivity index (χ2n) is 8.14. The van der Waals surface area contributed by atoms with Crippen LogP contribution in [0.15, 0.2) is 71.6 Å². The van der Waals surface area contributed by atoms with Crippen molar-refractivity contribution < 1.29 is 26.4 Å². The molecule has 3 rings (SSSR count). The van der Waals surface area contributed by atoms with Crippen molar-refractivity contribution in [2.75, 3.05) is 10.8 Å². The molecule has 0 spiro atoms. The summed E-state index contributed by atoms with van der Waals surface area (Å²) in [6.07, 6.45) is -4.73. The molecule has 0 saturated carbocycles. The molecular weight excluding hydrogens is 501 g/mol. The van der Waals surface area contributed by atoms with Crippen LogP contribution in [0.5, 0.6) is 0 Å². The zero-order valence-electron chi connectivity index (χ0n) is 19.2. The van der Waals surface area contributed by atoms with Gasteiger partial charge in [-0.3, -0.25) is 9.10 Å². The summed E-state index contributed by atoms with van der Waals surface area (Å²) >= 11 is 6.15. The number of carbonyl (C=O) groups is 1. The highest BCUT2D eigenvalue weighted by atomic mass is 35.5. The van der Waals surface area contributed by atoms with Gasteiger partial charge in [0.15, 0.2) is 0 Å². The number of alkyl halides is 3. The van der Waals surface area contributed by atoms with E-state index < -0.39 is 45.9 Å². The van der Waals surface area contributed by atoms with Crippen molar-refractivity contribution in [1.82, 2.24) is 5.32 Å². The lowest BCUT2D eigenvalue weighted by molar-refractivity contribution is -0.137. The Balaban J connectivity index is 2.01. The van der Waals surface area contributed by atoms with Crippen LogP contribution in [-0.2, 0) is 21.0 Å². The Labute approximate surface area is 207 Å². The van der Waals surface area contributed by atoms with Crippen LogP contribution in [0.25, 0.3) is 0 Å². The molecule has 10 heteroatoms. The van der Waals surface area contributed by atoms with E-state index in [1.54, 1.807) is 13.0 Å². The SMILES string of the molecule is Cc1ccc([C@@H](C)NC(=O)CN(c2cc(C(F)(F)F)ccc2Cl)S(=O)(=O)c2ccccc2)c(C)c1. The summed E-state index contributed by atoms with van der Waals surface area (Å²) in [4.78, 5) is 12.8. The number of aryl methyl sites for hydroxylation is 2. The molecule has 0 aromatic heterocycles. The molecule has 3 aromatic rings. The molecule has 3 aromatic carbocycles. The maximum atomic E-state index is 13.4. The van der Waals surface area contributed by atoms with Gasteiger partial charge >= 0.3 is 6.18 Å². The third-order valence-electron chi connectivity index (χ3n) is 5.43. The van der Waals surface area contributed by atoms with Gasteiger partial charge in [-0.2, -0.15) is 13.2 Å². The van der Waals surface area contributed by atoms with Crippen molar-refractivity contribution >= 4 is 33.2 Å². The molecule has 0 saturated heterocycles. The number of benzene rings is 3. The van der Waals surface area contributed by atoms with Gasteiger partial charge in [0.1, 0.15) is 6.54 Å². The zero-order chi connectivity index (χ0) is 26.0. The van der Waals surface area contributed by atoms with Crippen molar-refractivity contribution in [1.29, 1.82) is 0 Å². The molecule has 186 valence electrons. The first kappa shape index (κ1) is 26.6. The highest BCUT2D eigenvalue weighted by Crippen LogP contribution is 2.37. The fourth-order valence-corrected chi connectivity index (χ4v) is 5.43. The topological polar surface area (TPSA) is 66.5 Å². The van der Waals surface area contributed by atoms with Crippen LogP contribution in [0.4, 0.5) is 18.9 Å². The Morgan fingerprint density at radius 2 is 1.69 bits per heavy atom. The van der Waals surface area contributed by atoms with E-state index in [-0.39, 0.29) is 9.92 Å². The van der Waals surface area contributed by atoms with Gasteiger partial charge in [-0.25, -0.2) is 8.42 Å². The van der Waals surface area contributed by atoms with Gasteiger partial charge in [0.25, 0.3) is 10.0 Å². The number of nitrogens with zero attached hydrogens (tertiary/aromatic N) is 1. The molecule has 1 atom stereocenters. The number of halogens is 4. The highest BCUT2D eigenvalue weighted by Gasteiger charge is 2.34. The van der Waals surface area contributed by atoms with Crippen LogP contribution in [0.1, 0.15) is 35.2 Å². The van der Waals surface area contributed by atoms with Crippen molar-refractivity contribution in [3.8, 4) is 0 Å². The van der Waals surface area contributed by atoms with E-state index in [0.717, 1.165) is 28.8 Å². The number of amides is 1. The first-order chi connectivity index (χ1) is 16.3. The largest absolute Gasteiger partial charge is 0.416 e. The monoisotopic (exact) mass is 524 g/mol. The lowest BCUT2D eigenvalue weighted by Gasteiger charge is -2.27. The third kappa shape index (κ3) is 6.15. The second kappa shape index (κ2) is 10.3. The lowest BCUT2D eigenvalue weighted by atomic mass is 10.0. The molecule has 0 fully saturated rings. The zero-order valence-corrected chi connectivity index (χ0v) is 20.8. The van der Waals surface area contributed by atoms with E-state index in [9.17, 15) is 26.4 Å². The number of rotatable bonds is 7. The highest BCUT2D eigenvalue weighted by molar-refractivity contribution is 7.92. The Morgan fingerprint density at radius 3 is 2.29 bits per heavy atom. The van der Waals surface area contributed by atoms with Crippen molar-refractivity contribution in [3.05, 3.63) is 94.0 Å². The minimum Gasteiger partial charge on any atom is -0.348 e. The van der Waals surface area contributed by atoms with Gasteiger partial charge in [0, 0.05) is 0 Å². The number of nitrogens with one attached hydrogen (secondary N) is 1. The van der Waals surface area contributed by atoms with Gasteiger partial charge in [0.2, 0.25) is 5.91 Å². The Kier molecular flexibility index (Phi) is 7.81. The van der Waals surface area contributed by atoms with Crippen LogP contribution >= 0.6 is 11.6 Å². The molecule has 0 heterocycles. The van der Waals surface area contributed by atoms with Gasteiger partial charge in [-0.05, 0) is 62.2 Å². The van der Waals surface area contributed by atoms with E-state index in [4.69, 9.17) is 11.6 Å². The van der Waals surface area contributed by atoms with Gasteiger partial charge in [-0.15, -0.1) is 0 Å². The van der Waals surface area contributed by atoms with E-state index in [1.165, 1.54) is 24.3 Å². The molecule has 5 nitrogen and oxygen atoms in total. The molecule has 0 radical (unpaired) electrons. The summed E-state index contributed by atoms with van der Waals surface area (Å²) in [6.45, 7) is 4.79. The number of hydrogen-bond donors (Lipinski definition) is 1. The number of carbonyl (C=O) groups excluding carboxylic acids is 1. The average molecular weight is 525 g/mol. The summed E-state index contributed by atoms with van der Waals surface area (Å²) in [5.41, 5.74) is 1.28. The van der Waals surface area contributed by atoms with Gasteiger partial charge < -0.3 is 5.32 Å². The second-order valence-corrected chi connectivity index (χ2v) is 10.4. The molecule has 0 aliphatic carbocycles. The van der Waals surface area contributed by atoms with Crippen LogP contribution in [0, 0.1) is 13.8 Å². The first-order valence-electron chi connectivity index (χ1n) is 10.6. The van der Waals surface area contributed by atoms with Crippen molar-refractivity contribution in [2.45, 2.75) is 37.9 Å². The van der Waals surface area contributed by atoms with Crippen LogP contribution in [0.3, 0.4) is 0 Å². The van der Waals surface area contributed by atoms with Gasteiger partial charge in [0.05, 0.1) is 27.2 Å². The van der Waals surface area contributed by atoms with E-state index in [1.807, 2.05) is 32.0 Å². The quantitative estimate of drug-likeness (QED) is 0.409. The minimum atomic E-state index is -4.73. The van der Waals surface area contributed by atoms with Crippen LogP contribution in [0.2, 0.25) is 5.02 Å². The maximum absolute atomic E-state index is 13.4. The lowest BCUT2D eigenvalue weighted by Crippen LogP contribution is -2.42. The maximum Gasteiger partial charge on any atom is 0.416 e. The molecule has 1 amide bonds. The predicted molar refractivity (Wildman–Crippen MR) is 130 cm³/mol. The number of sulfonamides is 1. The van der Waals surface area contributed by atoms with Crippen molar-refractivity contribution in [2.24, 2.45) is 0 Å². The van der Waals surface area contributed by atoms with Crippen LogP contribution < -0.4 is 9.62 Å². The Bertz CT molecular complexity index is 1330. The standard InChI is InChI=1S/C25H24ClF3N2O3S/c1-16-9-11-21(17(2)13-16)18(3)30-24(32)15-31(35(33,34)20-7-5-4-6-8-20)23-14-19(25(27,28)29)10-12-22(23)26/h4-14,18H,15H2,1-3H3,(H,30,32)/t18-/m1/s1. The van der Waals surface area contributed by atoms with Gasteiger partial charge in [-0.1, -0.05) is 53.6 Å². The minimum absolute atomic E-state index is 0.191. The van der Waals surface area contributed by atoms with Crippen molar-refractivity contribution in [3.63, 3.8) is 0 Å². The van der Waals surface area contributed by atoms with E-state index in [2.05, 4.69) is 5.32 Å². The number of anilines is 1. The van der Waals surface area contributed by atoms with E-state index >= 15 is 0 Å². The number of hydrogen-bond acceptors (Lipinski definition) is 3. The molecular formula is C25H24ClF3N2O3S. The summed E-state index contributed by atoms with van der Waals surface area (Å²) in [7, 11) is -4.43. The average Bonchev–Trinajstić information content (AvgIpc) is 2.77. The molecule has 0 unspecified atom stereocenters. The van der Waals surface area contributed by atoms with Crippen LogP contribution in [-0.4, -0.2) is 20.9 Å². The third-order valence-corrected chi connectivity index (χ3v) is 7.52.